The Kier molecular flexibility index (Phi) is 5.01. The number of aliphatic imine (C=N–C) groups is 1. The van der Waals surface area contributed by atoms with Crippen molar-refractivity contribution in [2.45, 2.75) is 0 Å². The SMILES string of the molecule is O=c1[nH]c(=S)n(-c2ccc(Cl)cc2)c(O)c1C=C1C(Cl)=Nc2cc(Br)ccc21. The number of benzene rings is 2. The molecule has 2 heterocycles. The molecule has 3 aromatic rings. The summed E-state index contributed by atoms with van der Waals surface area (Å²) in [6.45, 7) is 0. The molecule has 0 fully saturated rings. The fraction of sp³-hybridized carbons (Fsp3) is 0. The highest BCUT2D eigenvalue weighted by Gasteiger charge is 2.22. The maximum atomic E-state index is 12.5. The quantitative estimate of drug-likeness (QED) is 0.439. The lowest BCUT2D eigenvalue weighted by Gasteiger charge is -2.12. The smallest absolute Gasteiger partial charge is 0.262 e. The summed E-state index contributed by atoms with van der Waals surface area (Å²) in [7, 11) is 0. The number of rotatable bonds is 2. The molecule has 1 aromatic heterocycles. The van der Waals surface area contributed by atoms with Crippen LogP contribution < -0.4 is 5.56 Å². The summed E-state index contributed by atoms with van der Waals surface area (Å²) in [5, 5.41) is 11.6. The van der Waals surface area contributed by atoms with Gasteiger partial charge in [-0.1, -0.05) is 45.2 Å². The number of hydrogen-bond acceptors (Lipinski definition) is 4. The van der Waals surface area contributed by atoms with Gasteiger partial charge in [0.25, 0.3) is 5.56 Å². The molecule has 0 spiro atoms. The van der Waals surface area contributed by atoms with Crippen molar-refractivity contribution in [1.82, 2.24) is 9.55 Å². The molecule has 5 nitrogen and oxygen atoms in total. The fourth-order valence-corrected chi connectivity index (χ4v) is 3.89. The second-order valence-electron chi connectivity index (χ2n) is 5.93. The molecule has 0 atom stereocenters. The summed E-state index contributed by atoms with van der Waals surface area (Å²) in [5.41, 5.74) is 2.00. The van der Waals surface area contributed by atoms with Crippen LogP contribution in [0.3, 0.4) is 0 Å². The summed E-state index contributed by atoms with van der Waals surface area (Å²) in [4.78, 5) is 19.4. The lowest BCUT2D eigenvalue weighted by atomic mass is 10.0. The van der Waals surface area contributed by atoms with Crippen LogP contribution in [0.15, 0.2) is 56.7 Å². The first-order chi connectivity index (χ1) is 13.3. The number of aromatic nitrogens is 2. The van der Waals surface area contributed by atoms with Crippen LogP contribution in [0.25, 0.3) is 17.3 Å². The molecular formula is C19H10BrCl2N3O2S. The van der Waals surface area contributed by atoms with Crippen molar-refractivity contribution < 1.29 is 5.11 Å². The minimum Gasteiger partial charge on any atom is -0.494 e. The zero-order valence-corrected chi connectivity index (χ0v) is 17.8. The Morgan fingerprint density at radius 3 is 2.61 bits per heavy atom. The van der Waals surface area contributed by atoms with Crippen molar-refractivity contribution in [2.24, 2.45) is 4.99 Å². The first kappa shape index (κ1) is 19.1. The zero-order valence-electron chi connectivity index (χ0n) is 13.9. The number of aromatic amines is 1. The molecule has 0 unspecified atom stereocenters. The van der Waals surface area contributed by atoms with Crippen molar-refractivity contribution in [3.05, 3.63) is 78.2 Å². The summed E-state index contributed by atoms with van der Waals surface area (Å²) < 4.78 is 2.27. The molecule has 0 amide bonds. The molecule has 140 valence electrons. The van der Waals surface area contributed by atoms with Crippen LogP contribution in [-0.2, 0) is 0 Å². The molecule has 1 aliphatic rings. The van der Waals surface area contributed by atoms with Crippen molar-refractivity contribution in [1.29, 1.82) is 0 Å². The molecule has 0 saturated heterocycles. The Labute approximate surface area is 182 Å². The third-order valence-corrected chi connectivity index (χ3v) is 5.50. The van der Waals surface area contributed by atoms with Gasteiger partial charge in [0.2, 0.25) is 5.88 Å². The number of fused-ring (bicyclic) bond motifs is 1. The van der Waals surface area contributed by atoms with Gasteiger partial charge in [0.15, 0.2) is 4.77 Å². The first-order valence-electron chi connectivity index (χ1n) is 7.95. The van der Waals surface area contributed by atoms with Gasteiger partial charge in [-0.05, 0) is 54.7 Å². The number of allylic oxidation sites excluding steroid dienone is 1. The highest BCUT2D eigenvalue weighted by atomic mass is 79.9. The van der Waals surface area contributed by atoms with Gasteiger partial charge in [0.05, 0.1) is 11.4 Å². The molecule has 0 bridgehead atoms. The van der Waals surface area contributed by atoms with E-state index in [-0.39, 0.29) is 21.4 Å². The number of aromatic hydroxyl groups is 1. The minimum absolute atomic E-state index is 0.0164. The molecule has 1 aliphatic heterocycles. The molecule has 28 heavy (non-hydrogen) atoms. The maximum absolute atomic E-state index is 12.5. The number of halogens is 3. The van der Waals surface area contributed by atoms with E-state index < -0.39 is 5.56 Å². The minimum atomic E-state index is -0.532. The van der Waals surface area contributed by atoms with Gasteiger partial charge in [0, 0.05) is 20.6 Å². The fourth-order valence-electron chi connectivity index (χ4n) is 2.88. The summed E-state index contributed by atoms with van der Waals surface area (Å²) >= 11 is 20.8. The molecule has 2 N–H and O–H groups in total. The van der Waals surface area contributed by atoms with Crippen molar-refractivity contribution in [3.8, 4) is 11.6 Å². The van der Waals surface area contributed by atoms with Gasteiger partial charge < -0.3 is 5.11 Å². The van der Waals surface area contributed by atoms with E-state index in [0.717, 1.165) is 10.0 Å². The predicted octanol–water partition coefficient (Wildman–Crippen LogP) is 5.84. The van der Waals surface area contributed by atoms with E-state index >= 15 is 0 Å². The molecule has 2 aromatic carbocycles. The Morgan fingerprint density at radius 1 is 1.18 bits per heavy atom. The molecule has 0 radical (unpaired) electrons. The van der Waals surface area contributed by atoms with Crippen LogP contribution in [-0.4, -0.2) is 19.8 Å². The van der Waals surface area contributed by atoms with Crippen molar-refractivity contribution >= 4 is 73.9 Å². The van der Waals surface area contributed by atoms with Crippen LogP contribution in [0.4, 0.5) is 5.69 Å². The van der Waals surface area contributed by atoms with E-state index in [1.165, 1.54) is 10.6 Å². The van der Waals surface area contributed by atoms with Crippen LogP contribution in [0.5, 0.6) is 5.88 Å². The van der Waals surface area contributed by atoms with E-state index in [1.807, 2.05) is 18.2 Å². The molecule has 4 rings (SSSR count). The maximum Gasteiger partial charge on any atom is 0.262 e. The summed E-state index contributed by atoms with van der Waals surface area (Å²) in [6.07, 6.45) is 1.50. The van der Waals surface area contributed by atoms with Crippen molar-refractivity contribution in [2.75, 3.05) is 0 Å². The highest BCUT2D eigenvalue weighted by Crippen LogP contribution is 2.39. The zero-order chi connectivity index (χ0) is 20.0. The lowest BCUT2D eigenvalue weighted by Crippen LogP contribution is -2.16. The number of H-pyrrole nitrogens is 1. The third-order valence-electron chi connectivity index (χ3n) is 4.19. The van der Waals surface area contributed by atoms with Gasteiger partial charge in [-0.3, -0.25) is 14.3 Å². The lowest BCUT2D eigenvalue weighted by molar-refractivity contribution is 0.432. The second-order valence-corrected chi connectivity index (χ2v) is 8.03. The molecular weight excluding hydrogens is 485 g/mol. The average molecular weight is 495 g/mol. The number of nitrogens with zero attached hydrogens (tertiary/aromatic N) is 2. The van der Waals surface area contributed by atoms with Crippen LogP contribution in [0, 0.1) is 4.77 Å². The second kappa shape index (κ2) is 7.33. The van der Waals surface area contributed by atoms with Gasteiger partial charge in [-0.2, -0.15) is 0 Å². The Balaban J connectivity index is 1.93. The van der Waals surface area contributed by atoms with Crippen molar-refractivity contribution in [3.63, 3.8) is 0 Å². The first-order valence-corrected chi connectivity index (χ1v) is 9.91. The van der Waals surface area contributed by atoms with Gasteiger partial charge in [-0.15, -0.1) is 0 Å². The van der Waals surface area contributed by atoms with Crippen LogP contribution in [0.1, 0.15) is 11.1 Å². The van der Waals surface area contributed by atoms with E-state index in [4.69, 9.17) is 35.4 Å². The third kappa shape index (κ3) is 3.35. The Bertz CT molecular complexity index is 1290. The highest BCUT2D eigenvalue weighted by molar-refractivity contribution is 9.10. The monoisotopic (exact) mass is 493 g/mol. The largest absolute Gasteiger partial charge is 0.494 e. The van der Waals surface area contributed by atoms with E-state index in [9.17, 15) is 9.90 Å². The summed E-state index contributed by atoms with van der Waals surface area (Å²) in [6, 6.07) is 12.2. The number of hydrogen-bond donors (Lipinski definition) is 2. The van der Waals surface area contributed by atoms with E-state index in [0.29, 0.717) is 22.0 Å². The normalized spacial score (nSPS) is 14.2. The van der Waals surface area contributed by atoms with Crippen LogP contribution in [0.2, 0.25) is 5.02 Å². The topological polar surface area (TPSA) is 70.4 Å². The van der Waals surface area contributed by atoms with Gasteiger partial charge in [-0.25, -0.2) is 4.99 Å². The van der Waals surface area contributed by atoms with Gasteiger partial charge >= 0.3 is 0 Å². The summed E-state index contributed by atoms with van der Waals surface area (Å²) in [5.74, 6) is -0.307. The molecule has 9 heteroatoms. The van der Waals surface area contributed by atoms with Gasteiger partial charge in [0.1, 0.15) is 10.7 Å². The standard InChI is InChI=1S/C19H10BrCl2N3O2S/c20-9-1-6-12-13(16(22)23-15(12)7-9)8-14-17(26)24-19(28)25(18(14)27)11-4-2-10(21)3-5-11/h1-8,27H,(H,24,26,28). The molecule has 0 saturated carbocycles. The van der Waals surface area contributed by atoms with Crippen LogP contribution >= 0.6 is 51.3 Å². The average Bonchev–Trinajstić information content (AvgIpc) is 2.94. The Morgan fingerprint density at radius 2 is 1.89 bits per heavy atom. The number of nitrogens with one attached hydrogen (secondary N) is 1. The van der Waals surface area contributed by atoms with E-state index in [2.05, 4.69) is 25.9 Å². The van der Waals surface area contributed by atoms with E-state index in [1.54, 1.807) is 24.3 Å². The molecule has 0 aliphatic carbocycles. The predicted molar refractivity (Wildman–Crippen MR) is 119 cm³/mol. The Hall–Kier alpha value is -2.19.